The number of nitrogens with one attached hydrogen (secondary N) is 2. The minimum atomic E-state index is -3.55. The summed E-state index contributed by atoms with van der Waals surface area (Å²) in [6.45, 7) is 1.72. The Labute approximate surface area is 146 Å². The molecule has 0 saturated heterocycles. The third-order valence-electron chi connectivity index (χ3n) is 3.72. The van der Waals surface area contributed by atoms with Crippen LogP contribution in [0.5, 0.6) is 5.75 Å². The molecule has 0 aromatic heterocycles. The highest BCUT2D eigenvalue weighted by Gasteiger charge is 2.15. The van der Waals surface area contributed by atoms with Crippen LogP contribution in [0.3, 0.4) is 0 Å². The van der Waals surface area contributed by atoms with Gasteiger partial charge in [0.25, 0.3) is 5.91 Å². The predicted octanol–water partition coefficient (Wildman–Crippen LogP) is 2.23. The highest BCUT2D eigenvalue weighted by Crippen LogP contribution is 2.22. The number of rotatable bonds is 6. The second-order valence-electron chi connectivity index (χ2n) is 5.32. The Morgan fingerprint density at radius 1 is 1.16 bits per heavy atom. The van der Waals surface area contributed by atoms with Crippen LogP contribution in [0.1, 0.15) is 28.9 Å². The van der Waals surface area contributed by atoms with Gasteiger partial charge in [0.2, 0.25) is 10.0 Å². The van der Waals surface area contributed by atoms with Gasteiger partial charge in [-0.2, -0.15) is 0 Å². The fraction of sp³-hybridized carbons (Fsp3) is 0.235. The number of methoxy groups -OCH3 is 1. The van der Waals surface area contributed by atoms with Crippen molar-refractivity contribution in [2.45, 2.75) is 17.9 Å². The molecule has 0 bridgehead atoms. The molecular weight excluding hydrogens is 347 g/mol. The molecule has 25 heavy (non-hydrogen) atoms. The van der Waals surface area contributed by atoms with Crippen molar-refractivity contribution in [2.75, 3.05) is 14.2 Å². The van der Waals surface area contributed by atoms with Crippen molar-refractivity contribution in [1.82, 2.24) is 10.0 Å². The molecule has 1 atom stereocenters. The molecule has 1 amide bonds. The van der Waals surface area contributed by atoms with E-state index in [9.17, 15) is 17.6 Å². The van der Waals surface area contributed by atoms with Gasteiger partial charge in [-0.1, -0.05) is 6.07 Å². The lowest BCUT2D eigenvalue weighted by Gasteiger charge is -2.15. The van der Waals surface area contributed by atoms with Crippen LogP contribution >= 0.6 is 0 Å². The van der Waals surface area contributed by atoms with E-state index >= 15 is 0 Å². The Morgan fingerprint density at radius 3 is 2.32 bits per heavy atom. The Morgan fingerprint density at radius 2 is 1.80 bits per heavy atom. The fourth-order valence-corrected chi connectivity index (χ4v) is 2.95. The second kappa shape index (κ2) is 7.62. The average Bonchev–Trinajstić information content (AvgIpc) is 2.61. The first-order valence-corrected chi connectivity index (χ1v) is 8.94. The topological polar surface area (TPSA) is 84.5 Å². The van der Waals surface area contributed by atoms with Crippen molar-refractivity contribution in [1.29, 1.82) is 0 Å². The first-order chi connectivity index (χ1) is 11.8. The van der Waals surface area contributed by atoms with Gasteiger partial charge in [-0.05, 0) is 55.9 Å². The van der Waals surface area contributed by atoms with Crippen LogP contribution in [0.2, 0.25) is 0 Å². The molecule has 134 valence electrons. The van der Waals surface area contributed by atoms with E-state index in [0.717, 1.165) is 0 Å². The van der Waals surface area contributed by atoms with E-state index in [0.29, 0.717) is 11.1 Å². The molecule has 0 spiro atoms. The number of hydrogen-bond donors (Lipinski definition) is 2. The molecule has 0 heterocycles. The number of halogens is 1. The largest absolute Gasteiger partial charge is 0.494 e. The molecule has 1 unspecified atom stereocenters. The summed E-state index contributed by atoms with van der Waals surface area (Å²) in [4.78, 5) is 12.3. The molecule has 0 radical (unpaired) electrons. The van der Waals surface area contributed by atoms with E-state index in [4.69, 9.17) is 4.74 Å². The minimum Gasteiger partial charge on any atom is -0.494 e. The van der Waals surface area contributed by atoms with Gasteiger partial charge in [-0.25, -0.2) is 17.5 Å². The van der Waals surface area contributed by atoms with Crippen molar-refractivity contribution < 1.29 is 22.3 Å². The standard InChI is InChI=1S/C17H19FN2O4S/c1-11(13-6-9-16(24-3)15(18)10-13)20-17(21)12-4-7-14(8-5-12)25(22,23)19-2/h4-11,19H,1-3H3,(H,20,21). The van der Waals surface area contributed by atoms with Gasteiger partial charge in [0.15, 0.2) is 11.6 Å². The minimum absolute atomic E-state index is 0.0665. The lowest BCUT2D eigenvalue weighted by molar-refractivity contribution is 0.0939. The maximum absolute atomic E-state index is 13.8. The van der Waals surface area contributed by atoms with E-state index in [2.05, 4.69) is 10.0 Å². The van der Waals surface area contributed by atoms with Gasteiger partial charge in [-0.3, -0.25) is 4.79 Å². The second-order valence-corrected chi connectivity index (χ2v) is 7.21. The number of carbonyl (C=O) groups excluding carboxylic acids is 1. The number of sulfonamides is 1. The number of ether oxygens (including phenoxy) is 1. The molecule has 8 heteroatoms. The first kappa shape index (κ1) is 18.9. The summed E-state index contributed by atoms with van der Waals surface area (Å²) in [5.74, 6) is -0.775. The molecule has 0 aliphatic carbocycles. The normalized spacial score (nSPS) is 12.5. The summed E-state index contributed by atoms with van der Waals surface area (Å²) in [6, 6.07) is 9.54. The van der Waals surface area contributed by atoms with E-state index in [1.54, 1.807) is 13.0 Å². The van der Waals surface area contributed by atoms with Crippen LogP contribution in [-0.4, -0.2) is 28.5 Å². The van der Waals surface area contributed by atoms with E-state index in [1.807, 2.05) is 0 Å². The summed E-state index contributed by atoms with van der Waals surface area (Å²) in [5.41, 5.74) is 0.886. The number of carbonyl (C=O) groups is 1. The molecule has 6 nitrogen and oxygen atoms in total. The van der Waals surface area contributed by atoms with Crippen molar-refractivity contribution >= 4 is 15.9 Å². The van der Waals surface area contributed by atoms with Crippen LogP contribution in [0.15, 0.2) is 47.4 Å². The van der Waals surface area contributed by atoms with Gasteiger partial charge in [0.1, 0.15) is 0 Å². The third kappa shape index (κ3) is 4.34. The van der Waals surface area contributed by atoms with Crippen LogP contribution < -0.4 is 14.8 Å². The number of benzene rings is 2. The molecule has 0 fully saturated rings. The summed E-state index contributed by atoms with van der Waals surface area (Å²) in [6.07, 6.45) is 0. The van der Waals surface area contributed by atoms with Gasteiger partial charge >= 0.3 is 0 Å². The number of amides is 1. The van der Waals surface area contributed by atoms with Crippen molar-refractivity contribution in [3.8, 4) is 5.75 Å². The zero-order valence-corrected chi connectivity index (χ0v) is 14.9. The SMILES string of the molecule is CNS(=O)(=O)c1ccc(C(=O)NC(C)c2ccc(OC)c(F)c2)cc1. The Balaban J connectivity index is 2.12. The van der Waals surface area contributed by atoms with Crippen LogP contribution in [0, 0.1) is 5.82 Å². The molecule has 2 aromatic carbocycles. The molecule has 2 N–H and O–H groups in total. The maximum Gasteiger partial charge on any atom is 0.251 e. The van der Waals surface area contributed by atoms with Crippen molar-refractivity contribution in [2.24, 2.45) is 0 Å². The zero-order chi connectivity index (χ0) is 18.6. The molecular formula is C17H19FN2O4S. The highest BCUT2D eigenvalue weighted by molar-refractivity contribution is 7.89. The molecule has 0 aliphatic rings. The summed E-state index contributed by atoms with van der Waals surface area (Å²) in [7, 11) is -0.866. The highest BCUT2D eigenvalue weighted by atomic mass is 32.2. The fourth-order valence-electron chi connectivity index (χ4n) is 2.22. The Hall–Kier alpha value is -2.45. The monoisotopic (exact) mass is 366 g/mol. The maximum atomic E-state index is 13.8. The summed E-state index contributed by atoms with van der Waals surface area (Å²) >= 11 is 0. The van der Waals surface area contributed by atoms with Gasteiger partial charge in [0, 0.05) is 5.56 Å². The molecule has 2 rings (SSSR count). The van der Waals surface area contributed by atoms with Crippen LogP contribution in [0.4, 0.5) is 4.39 Å². The van der Waals surface area contributed by atoms with E-state index in [-0.39, 0.29) is 10.6 Å². The lowest BCUT2D eigenvalue weighted by atomic mass is 10.1. The molecule has 0 saturated carbocycles. The first-order valence-electron chi connectivity index (χ1n) is 7.46. The summed E-state index contributed by atoms with van der Waals surface area (Å²) in [5, 5.41) is 2.74. The van der Waals surface area contributed by atoms with Gasteiger partial charge in [0.05, 0.1) is 18.0 Å². The lowest BCUT2D eigenvalue weighted by Crippen LogP contribution is -2.27. The van der Waals surface area contributed by atoms with Crippen LogP contribution in [0.25, 0.3) is 0 Å². The number of hydrogen-bond acceptors (Lipinski definition) is 4. The molecule has 2 aromatic rings. The van der Waals surface area contributed by atoms with Crippen molar-refractivity contribution in [3.63, 3.8) is 0 Å². The van der Waals surface area contributed by atoms with E-state index in [1.165, 1.54) is 50.6 Å². The average molecular weight is 366 g/mol. The summed E-state index contributed by atoms with van der Waals surface area (Å²) < 4.78 is 44.2. The predicted molar refractivity (Wildman–Crippen MR) is 91.5 cm³/mol. The van der Waals surface area contributed by atoms with Crippen molar-refractivity contribution in [3.05, 3.63) is 59.4 Å². The van der Waals surface area contributed by atoms with E-state index < -0.39 is 27.8 Å². The quantitative estimate of drug-likeness (QED) is 0.821. The Bertz CT molecular complexity index is 867. The molecule has 0 aliphatic heterocycles. The van der Waals surface area contributed by atoms with Crippen LogP contribution in [-0.2, 0) is 10.0 Å². The Kier molecular flexibility index (Phi) is 5.76. The third-order valence-corrected chi connectivity index (χ3v) is 5.15. The zero-order valence-electron chi connectivity index (χ0n) is 14.0. The van der Waals surface area contributed by atoms with Gasteiger partial charge < -0.3 is 10.1 Å². The van der Waals surface area contributed by atoms with Gasteiger partial charge in [-0.15, -0.1) is 0 Å². The smallest absolute Gasteiger partial charge is 0.251 e.